The van der Waals surface area contributed by atoms with Crippen LogP contribution < -0.4 is 5.73 Å². The molecule has 0 unspecified atom stereocenters. The number of benzene rings is 1. The molecule has 2 N–H and O–H groups in total. The van der Waals surface area contributed by atoms with Crippen molar-refractivity contribution in [2.24, 2.45) is 5.73 Å². The van der Waals surface area contributed by atoms with Crippen LogP contribution in [0.4, 0.5) is 4.39 Å². The van der Waals surface area contributed by atoms with Gasteiger partial charge in [0.05, 0.1) is 5.75 Å². The summed E-state index contributed by atoms with van der Waals surface area (Å²) in [6.45, 7) is 0.541. The predicted octanol–water partition coefficient (Wildman–Crippen LogP) is 3.03. The largest absolute Gasteiger partial charge is 0.326 e. The molecule has 1 aromatic carbocycles. The molecule has 0 amide bonds. The third-order valence-electron chi connectivity index (χ3n) is 1.98. The zero-order valence-electron chi connectivity index (χ0n) is 8.52. The van der Waals surface area contributed by atoms with E-state index >= 15 is 0 Å². The van der Waals surface area contributed by atoms with Crippen molar-refractivity contribution >= 4 is 23.1 Å². The van der Waals surface area contributed by atoms with E-state index in [1.807, 2.05) is 6.20 Å². The van der Waals surface area contributed by atoms with E-state index in [0.29, 0.717) is 6.54 Å². The lowest BCUT2D eigenvalue weighted by Gasteiger charge is -1.98. The second-order valence-corrected chi connectivity index (χ2v) is 5.42. The lowest BCUT2D eigenvalue weighted by molar-refractivity contribution is 0.626. The molecule has 0 aliphatic rings. The summed E-state index contributed by atoms with van der Waals surface area (Å²) in [5.74, 6) is 0.597. The van der Waals surface area contributed by atoms with Gasteiger partial charge >= 0.3 is 0 Å². The van der Waals surface area contributed by atoms with Crippen molar-refractivity contribution in [1.82, 2.24) is 4.98 Å². The second kappa shape index (κ2) is 5.43. The number of aromatic nitrogens is 1. The molecule has 2 aromatic rings. The van der Waals surface area contributed by atoms with Gasteiger partial charge in [0.1, 0.15) is 10.8 Å². The van der Waals surface area contributed by atoms with E-state index in [4.69, 9.17) is 5.73 Å². The number of hydrogen-bond donors (Lipinski definition) is 1. The highest BCUT2D eigenvalue weighted by Gasteiger charge is 2.02. The van der Waals surface area contributed by atoms with Gasteiger partial charge in [0, 0.05) is 22.5 Å². The quantitative estimate of drug-likeness (QED) is 0.852. The molecule has 0 fully saturated rings. The first-order chi connectivity index (χ1) is 7.78. The van der Waals surface area contributed by atoms with Crippen LogP contribution in [0.2, 0.25) is 0 Å². The minimum atomic E-state index is -0.205. The van der Waals surface area contributed by atoms with Gasteiger partial charge in [-0.05, 0) is 24.3 Å². The van der Waals surface area contributed by atoms with Gasteiger partial charge in [-0.1, -0.05) is 0 Å². The van der Waals surface area contributed by atoms with Crippen LogP contribution >= 0.6 is 23.1 Å². The zero-order valence-corrected chi connectivity index (χ0v) is 10.2. The van der Waals surface area contributed by atoms with Gasteiger partial charge in [-0.3, -0.25) is 0 Å². The summed E-state index contributed by atoms with van der Waals surface area (Å²) < 4.78 is 12.7. The van der Waals surface area contributed by atoms with E-state index in [9.17, 15) is 4.39 Å². The lowest BCUT2D eigenvalue weighted by Crippen LogP contribution is -1.91. The molecule has 84 valence electrons. The van der Waals surface area contributed by atoms with Gasteiger partial charge in [0.2, 0.25) is 0 Å². The fourth-order valence-electron chi connectivity index (χ4n) is 1.19. The van der Waals surface area contributed by atoms with Crippen LogP contribution in [0.1, 0.15) is 9.88 Å². The van der Waals surface area contributed by atoms with Crippen LogP contribution in [-0.4, -0.2) is 4.98 Å². The van der Waals surface area contributed by atoms with Crippen molar-refractivity contribution in [3.05, 3.63) is 46.2 Å². The molecule has 0 aliphatic heterocycles. The van der Waals surface area contributed by atoms with E-state index < -0.39 is 0 Å². The van der Waals surface area contributed by atoms with Gasteiger partial charge < -0.3 is 5.73 Å². The number of halogens is 1. The van der Waals surface area contributed by atoms with Gasteiger partial charge in [-0.25, -0.2) is 9.37 Å². The molecule has 0 spiro atoms. The highest BCUT2D eigenvalue weighted by Crippen LogP contribution is 2.25. The molecule has 2 nitrogen and oxygen atoms in total. The third kappa shape index (κ3) is 3.04. The van der Waals surface area contributed by atoms with E-state index in [0.717, 1.165) is 20.5 Å². The molecule has 0 saturated carbocycles. The molecule has 0 saturated heterocycles. The fraction of sp³-hybridized carbons (Fsp3) is 0.182. The maximum absolute atomic E-state index is 12.7. The molecular formula is C11H11FN2S2. The van der Waals surface area contributed by atoms with Crippen LogP contribution in [0.5, 0.6) is 0 Å². The Balaban J connectivity index is 1.94. The first-order valence-corrected chi connectivity index (χ1v) is 6.60. The van der Waals surface area contributed by atoms with Crippen molar-refractivity contribution in [1.29, 1.82) is 0 Å². The Morgan fingerprint density at radius 2 is 2.06 bits per heavy atom. The molecular weight excluding hydrogens is 243 g/mol. The van der Waals surface area contributed by atoms with Crippen LogP contribution in [0.3, 0.4) is 0 Å². The maximum atomic E-state index is 12.7. The Morgan fingerprint density at radius 3 is 2.69 bits per heavy atom. The normalized spacial score (nSPS) is 10.6. The SMILES string of the molecule is NCc1cnc(CSc2ccc(F)cc2)s1. The highest BCUT2D eigenvalue weighted by molar-refractivity contribution is 7.98. The van der Waals surface area contributed by atoms with Crippen molar-refractivity contribution in [3.63, 3.8) is 0 Å². The van der Waals surface area contributed by atoms with Gasteiger partial charge in [0.15, 0.2) is 0 Å². The third-order valence-corrected chi connectivity index (χ3v) is 4.20. The Morgan fingerprint density at radius 1 is 1.31 bits per heavy atom. The Labute approximate surface area is 102 Å². The zero-order chi connectivity index (χ0) is 11.4. The molecule has 0 radical (unpaired) electrons. The summed E-state index contributed by atoms with van der Waals surface area (Å²) in [5.41, 5.74) is 5.51. The van der Waals surface area contributed by atoms with Crippen LogP contribution in [0, 0.1) is 5.82 Å². The second-order valence-electron chi connectivity index (χ2n) is 3.17. The number of nitrogens with two attached hydrogens (primary N) is 1. The summed E-state index contributed by atoms with van der Waals surface area (Å²) in [4.78, 5) is 6.40. The predicted molar refractivity (Wildman–Crippen MR) is 66.0 cm³/mol. The number of hydrogen-bond acceptors (Lipinski definition) is 4. The highest BCUT2D eigenvalue weighted by atomic mass is 32.2. The maximum Gasteiger partial charge on any atom is 0.123 e. The molecule has 5 heteroatoms. The van der Waals surface area contributed by atoms with Crippen LogP contribution in [-0.2, 0) is 12.3 Å². The number of rotatable bonds is 4. The molecule has 1 heterocycles. The molecule has 2 rings (SSSR count). The van der Waals surface area contributed by atoms with Crippen molar-refractivity contribution in [3.8, 4) is 0 Å². The van der Waals surface area contributed by atoms with Gasteiger partial charge in [-0.2, -0.15) is 0 Å². The smallest absolute Gasteiger partial charge is 0.123 e. The lowest BCUT2D eigenvalue weighted by atomic mass is 10.4. The Bertz CT molecular complexity index is 453. The summed E-state index contributed by atoms with van der Waals surface area (Å²) in [6, 6.07) is 6.49. The molecule has 0 aliphatic carbocycles. The fourth-order valence-corrected chi connectivity index (χ4v) is 2.89. The van der Waals surface area contributed by atoms with E-state index in [1.54, 1.807) is 35.2 Å². The van der Waals surface area contributed by atoms with Gasteiger partial charge in [-0.15, -0.1) is 23.1 Å². The minimum Gasteiger partial charge on any atom is -0.326 e. The summed E-state index contributed by atoms with van der Waals surface area (Å²) in [7, 11) is 0. The molecule has 0 bridgehead atoms. The summed E-state index contributed by atoms with van der Waals surface area (Å²) in [5, 5.41) is 1.05. The average Bonchev–Trinajstić information content (AvgIpc) is 2.76. The first-order valence-electron chi connectivity index (χ1n) is 4.80. The molecule has 1 aromatic heterocycles. The summed E-state index contributed by atoms with van der Waals surface area (Å²) >= 11 is 3.27. The number of nitrogens with zero attached hydrogens (tertiary/aromatic N) is 1. The average molecular weight is 254 g/mol. The molecule has 0 atom stereocenters. The number of thioether (sulfide) groups is 1. The van der Waals surface area contributed by atoms with Crippen LogP contribution in [0.15, 0.2) is 35.4 Å². The minimum absolute atomic E-state index is 0.205. The number of thiazole rings is 1. The molecule has 16 heavy (non-hydrogen) atoms. The summed E-state index contributed by atoms with van der Waals surface area (Å²) in [6.07, 6.45) is 1.81. The van der Waals surface area contributed by atoms with E-state index in [2.05, 4.69) is 4.98 Å². The monoisotopic (exact) mass is 254 g/mol. The van der Waals surface area contributed by atoms with E-state index in [1.165, 1.54) is 12.1 Å². The standard InChI is InChI=1S/C11H11FN2S2/c12-8-1-3-9(4-2-8)15-7-11-14-6-10(5-13)16-11/h1-4,6H,5,7,13H2. The Kier molecular flexibility index (Phi) is 3.93. The van der Waals surface area contributed by atoms with Crippen molar-refractivity contribution < 1.29 is 4.39 Å². The topological polar surface area (TPSA) is 38.9 Å². The van der Waals surface area contributed by atoms with E-state index in [-0.39, 0.29) is 5.82 Å². The van der Waals surface area contributed by atoms with Gasteiger partial charge in [0.25, 0.3) is 0 Å². The van der Waals surface area contributed by atoms with Crippen LogP contribution in [0.25, 0.3) is 0 Å². The first kappa shape index (κ1) is 11.6. The van der Waals surface area contributed by atoms with Crippen molar-refractivity contribution in [2.45, 2.75) is 17.2 Å². The Hall–Kier alpha value is -0.910. The van der Waals surface area contributed by atoms with Crippen molar-refractivity contribution in [2.75, 3.05) is 0 Å².